The summed E-state index contributed by atoms with van der Waals surface area (Å²) in [5.41, 5.74) is 0.725. The molecule has 0 saturated carbocycles. The zero-order valence-electron chi connectivity index (χ0n) is 21.0. The van der Waals surface area contributed by atoms with E-state index >= 15 is 0 Å². The first-order valence-corrected chi connectivity index (χ1v) is 12.3. The van der Waals surface area contributed by atoms with E-state index in [0.717, 1.165) is 23.6 Å². The summed E-state index contributed by atoms with van der Waals surface area (Å²) < 4.78 is 0. The van der Waals surface area contributed by atoms with Crippen LogP contribution in [0.15, 0.2) is 36.4 Å². The van der Waals surface area contributed by atoms with Gasteiger partial charge in [0.2, 0.25) is 5.91 Å². The molecule has 2 rings (SSSR count). The lowest BCUT2D eigenvalue weighted by Gasteiger charge is -2.32. The fourth-order valence-corrected chi connectivity index (χ4v) is 4.00. The first-order chi connectivity index (χ1) is 16.4. The van der Waals surface area contributed by atoms with Crippen LogP contribution < -0.4 is 5.32 Å². The number of Topliss-reactive ketones (excluding diaryl/α,β-unsaturated/α-hetero) is 1. The second-order valence-electron chi connectivity index (χ2n) is 8.57. The average molecular weight is 474 g/mol. The maximum Gasteiger partial charge on any atom is 0.217 e. The number of carbonyl (C=O) groups excluding carboxylic acids is 2. The molecule has 0 aromatic heterocycles. The van der Waals surface area contributed by atoms with Gasteiger partial charge in [0.05, 0.1) is 13.2 Å². The van der Waals surface area contributed by atoms with Gasteiger partial charge >= 0.3 is 0 Å². The maximum atomic E-state index is 13.5. The quantitative estimate of drug-likeness (QED) is 0.144. The van der Waals surface area contributed by atoms with Crippen LogP contribution in [0.3, 0.4) is 0 Å². The van der Waals surface area contributed by atoms with Gasteiger partial charge in [-0.15, -0.1) is 0 Å². The highest BCUT2D eigenvalue weighted by Gasteiger charge is 2.36. The Bertz CT molecular complexity index is 903. The number of benzene rings is 2. The molecule has 0 aliphatic rings. The molecule has 1 N–H and O–H groups in total. The van der Waals surface area contributed by atoms with Crippen molar-refractivity contribution in [3.8, 4) is 0 Å². The molecule has 2 aromatic carbocycles. The zero-order chi connectivity index (χ0) is 24.8. The van der Waals surface area contributed by atoms with Gasteiger partial charge in [0, 0.05) is 18.9 Å². The van der Waals surface area contributed by atoms with E-state index in [0.29, 0.717) is 18.8 Å². The molecule has 188 valence electrons. The molecule has 0 fully saturated rings. The number of nitrogens with one attached hydrogen (secondary N) is 1. The maximum absolute atomic E-state index is 13.5. The molecule has 0 aliphatic carbocycles. The second-order valence-corrected chi connectivity index (χ2v) is 8.57. The Kier molecular flexibility index (Phi) is 12.2. The van der Waals surface area contributed by atoms with Crippen LogP contribution in [-0.2, 0) is 30.8 Å². The zero-order valence-corrected chi connectivity index (χ0v) is 21.0. The van der Waals surface area contributed by atoms with Crippen LogP contribution in [0.25, 0.3) is 10.8 Å². The molecule has 0 aliphatic heterocycles. The van der Waals surface area contributed by atoms with Crippen molar-refractivity contribution in [2.75, 3.05) is 26.4 Å². The molecule has 7 heteroatoms. The first-order valence-electron chi connectivity index (χ1n) is 12.3. The minimum atomic E-state index is -1.14. The summed E-state index contributed by atoms with van der Waals surface area (Å²) in [4.78, 5) is 46.1. The first kappa shape index (κ1) is 27.9. The Morgan fingerprint density at radius 2 is 1.59 bits per heavy atom. The van der Waals surface area contributed by atoms with Crippen molar-refractivity contribution in [1.82, 2.24) is 5.32 Å². The minimum Gasteiger partial charge on any atom is -0.346 e. The Balaban J connectivity index is 2.27. The van der Waals surface area contributed by atoms with Crippen LogP contribution >= 0.6 is 0 Å². The summed E-state index contributed by atoms with van der Waals surface area (Å²) in [6.45, 7) is 7.71. The summed E-state index contributed by atoms with van der Waals surface area (Å²) in [5.74, 6) is -0.436. The average Bonchev–Trinajstić information content (AvgIpc) is 2.81. The number of amides is 1. The van der Waals surface area contributed by atoms with Crippen LogP contribution in [0.1, 0.15) is 75.7 Å². The highest BCUT2D eigenvalue weighted by molar-refractivity contribution is 6.08. The van der Waals surface area contributed by atoms with Gasteiger partial charge < -0.3 is 5.32 Å². The number of unbranched alkanes of at least 4 members (excludes halogenated alkanes) is 3. The van der Waals surface area contributed by atoms with Crippen molar-refractivity contribution in [1.29, 1.82) is 0 Å². The third kappa shape index (κ3) is 8.80. The van der Waals surface area contributed by atoms with E-state index < -0.39 is 5.54 Å². The fraction of sp³-hybridized carbons (Fsp3) is 0.556. The van der Waals surface area contributed by atoms with E-state index in [-0.39, 0.29) is 31.3 Å². The molecular formula is C27H39NO6. The van der Waals surface area contributed by atoms with E-state index in [1.807, 2.05) is 24.3 Å². The molecule has 0 spiro atoms. The molecule has 34 heavy (non-hydrogen) atoms. The Morgan fingerprint density at radius 3 is 2.21 bits per heavy atom. The minimum absolute atomic E-state index is 0.0371. The number of ketones is 1. The third-order valence-corrected chi connectivity index (χ3v) is 5.58. The second kappa shape index (κ2) is 14.8. The van der Waals surface area contributed by atoms with Crippen molar-refractivity contribution in [3.05, 3.63) is 47.5 Å². The number of hydrogen-bond donors (Lipinski definition) is 1. The van der Waals surface area contributed by atoms with Crippen LogP contribution in [-0.4, -0.2) is 43.7 Å². The van der Waals surface area contributed by atoms with Crippen LogP contribution in [0.2, 0.25) is 0 Å². The number of carbonyl (C=O) groups is 2. The Labute approximate surface area is 203 Å². The molecular weight excluding hydrogens is 434 g/mol. The van der Waals surface area contributed by atoms with Crippen LogP contribution in [0.5, 0.6) is 0 Å². The molecule has 0 heterocycles. The van der Waals surface area contributed by atoms with Crippen molar-refractivity contribution in [2.24, 2.45) is 0 Å². The van der Waals surface area contributed by atoms with Crippen molar-refractivity contribution >= 4 is 22.5 Å². The molecule has 7 nitrogen and oxygen atoms in total. The predicted molar refractivity (Wildman–Crippen MR) is 132 cm³/mol. The number of rotatable bonds is 17. The van der Waals surface area contributed by atoms with Gasteiger partial charge in [0.15, 0.2) is 5.78 Å². The molecule has 0 radical (unpaired) electrons. The lowest BCUT2D eigenvalue weighted by Crippen LogP contribution is -2.56. The van der Waals surface area contributed by atoms with Gasteiger partial charge in [-0.05, 0) is 43.0 Å². The summed E-state index contributed by atoms with van der Waals surface area (Å²) in [5, 5.41) is 4.75. The molecule has 2 aromatic rings. The van der Waals surface area contributed by atoms with E-state index in [4.69, 9.17) is 19.6 Å². The molecule has 1 amide bonds. The molecule has 0 bridgehead atoms. The Morgan fingerprint density at radius 1 is 0.882 bits per heavy atom. The van der Waals surface area contributed by atoms with Gasteiger partial charge in [-0.2, -0.15) is 0 Å². The lowest BCUT2D eigenvalue weighted by atomic mass is 9.89. The van der Waals surface area contributed by atoms with Gasteiger partial charge in [-0.25, -0.2) is 19.6 Å². The number of hydrogen-bond acceptors (Lipinski definition) is 6. The number of aryl methyl sites for hydroxylation is 1. The summed E-state index contributed by atoms with van der Waals surface area (Å²) in [7, 11) is 0. The topological polar surface area (TPSA) is 83.1 Å². The molecule has 0 unspecified atom stereocenters. The predicted octanol–water partition coefficient (Wildman–Crippen LogP) is 5.35. The van der Waals surface area contributed by atoms with E-state index in [9.17, 15) is 9.59 Å². The van der Waals surface area contributed by atoms with E-state index in [1.54, 1.807) is 13.8 Å². The van der Waals surface area contributed by atoms with Gasteiger partial charge in [0.25, 0.3) is 0 Å². The SMILES string of the molecule is CCCCCCc1ccc2c(C(=O)CC(COOCC)(COOCC)NC(C)=O)cccc2c1. The van der Waals surface area contributed by atoms with Crippen LogP contribution in [0, 0.1) is 0 Å². The van der Waals surface area contributed by atoms with Crippen molar-refractivity contribution in [2.45, 2.75) is 71.8 Å². The van der Waals surface area contributed by atoms with Gasteiger partial charge in [-0.3, -0.25) is 9.59 Å². The summed E-state index contributed by atoms with van der Waals surface area (Å²) in [6.07, 6.45) is 5.85. The standard InChI is InChI=1S/C27H39NO6/c1-5-8-9-10-12-22-15-16-24-23(17-22)13-11-14-25(24)26(30)18-27(28-21(4)29,19-33-31-6-2)20-34-32-7-3/h11,13-17H,5-10,12,18-20H2,1-4H3,(H,28,29). The largest absolute Gasteiger partial charge is 0.346 e. The summed E-state index contributed by atoms with van der Waals surface area (Å²) in [6, 6.07) is 12.0. The highest BCUT2D eigenvalue weighted by atomic mass is 17.2. The van der Waals surface area contributed by atoms with Gasteiger partial charge in [-0.1, -0.05) is 62.6 Å². The Hall–Kier alpha value is -2.32. The van der Waals surface area contributed by atoms with E-state index in [1.165, 1.54) is 31.7 Å². The monoisotopic (exact) mass is 473 g/mol. The number of fused-ring (bicyclic) bond motifs is 1. The summed E-state index contributed by atoms with van der Waals surface area (Å²) >= 11 is 0. The van der Waals surface area contributed by atoms with Crippen molar-refractivity contribution in [3.63, 3.8) is 0 Å². The molecule has 0 saturated heterocycles. The van der Waals surface area contributed by atoms with Gasteiger partial charge in [0.1, 0.15) is 18.8 Å². The van der Waals surface area contributed by atoms with E-state index in [2.05, 4.69) is 24.4 Å². The third-order valence-electron chi connectivity index (χ3n) is 5.58. The smallest absolute Gasteiger partial charge is 0.217 e. The molecule has 0 atom stereocenters. The lowest BCUT2D eigenvalue weighted by molar-refractivity contribution is -0.328. The normalized spacial score (nSPS) is 11.6. The fourth-order valence-electron chi connectivity index (χ4n) is 4.00. The van der Waals surface area contributed by atoms with Crippen LogP contribution in [0.4, 0.5) is 0 Å². The highest BCUT2D eigenvalue weighted by Crippen LogP contribution is 2.25. The van der Waals surface area contributed by atoms with Crippen molar-refractivity contribution < 1.29 is 29.1 Å².